The molecule has 0 spiro atoms. The van der Waals surface area contributed by atoms with Crippen LogP contribution >= 0.6 is 11.8 Å². The summed E-state index contributed by atoms with van der Waals surface area (Å²) < 4.78 is 60.1. The van der Waals surface area contributed by atoms with Gasteiger partial charge in [0.1, 0.15) is 27.2 Å². The van der Waals surface area contributed by atoms with Crippen LogP contribution in [0, 0.1) is 125 Å². The number of pyridine rings is 12. The molecule has 20 heterocycles. The first kappa shape index (κ1) is 99.3. The number of aromatic nitrogens is 12. The van der Waals surface area contributed by atoms with Crippen molar-refractivity contribution in [2.24, 2.45) is 0 Å². The minimum atomic E-state index is -3.67. The zero-order chi connectivity index (χ0) is 104. The first-order chi connectivity index (χ1) is 72.0. The second kappa shape index (κ2) is 41.2. The normalized spacial score (nSPS) is 14.3. The fraction of sp³-hybridized carbons (Fsp3) is 0.207. The molecule has 0 N–H and O–H groups in total. The zero-order valence-corrected chi connectivity index (χ0v) is 90.6. The number of hydrogen-bond donors (Lipinski definition) is 0. The molecule has 26 rings (SSSR count). The van der Waals surface area contributed by atoms with E-state index in [1.54, 1.807) is 54.7 Å². The van der Waals surface area contributed by atoms with Crippen LogP contribution in [0.5, 0.6) is 23.0 Å². The Morgan fingerprint density at radius 3 is 1.27 bits per heavy atom. The van der Waals surface area contributed by atoms with Crippen LogP contribution in [0.1, 0.15) is 135 Å². The number of anilines is 18. The summed E-state index contributed by atoms with van der Waals surface area (Å²) >= 11 is 1.96. The summed E-state index contributed by atoms with van der Waals surface area (Å²) in [6.07, 6.45) is 27.0. The van der Waals surface area contributed by atoms with E-state index in [2.05, 4.69) is 269 Å². The van der Waals surface area contributed by atoms with Crippen LogP contribution in [0.15, 0.2) is 298 Å². The summed E-state index contributed by atoms with van der Waals surface area (Å²) in [5.74, 6) is 13.0. The molecule has 0 saturated carbocycles. The third kappa shape index (κ3) is 19.2. The Morgan fingerprint density at radius 1 is 0.295 bits per heavy atom. The molecular weight excluding hydrogens is 1980 g/mol. The van der Waals surface area contributed by atoms with Crippen molar-refractivity contribution in [3.63, 3.8) is 0 Å². The van der Waals surface area contributed by atoms with E-state index in [1.807, 2.05) is 151 Å². The van der Waals surface area contributed by atoms with E-state index in [0.29, 0.717) is 23.3 Å². The maximum atomic E-state index is 13.1. The number of hydrogen-bond acceptors (Lipinski definition) is 25. The number of nitrogens with zero attached hydrogens (tertiary/aromatic N) is 18. The Morgan fingerprint density at radius 2 is 0.678 bits per heavy atom. The van der Waals surface area contributed by atoms with Crippen molar-refractivity contribution < 1.29 is 26.8 Å². The molecule has 1 atom stereocenters. The summed E-state index contributed by atoms with van der Waals surface area (Å²) in [5.41, 5.74) is 31.9. The molecule has 28 heteroatoms. The van der Waals surface area contributed by atoms with Gasteiger partial charge in [-0.05, 0) is 299 Å². The van der Waals surface area contributed by atoms with Gasteiger partial charge in [0.25, 0.3) is 0 Å². The van der Waals surface area contributed by atoms with E-state index in [9.17, 15) is 12.6 Å². The van der Waals surface area contributed by atoms with Crippen LogP contribution in [-0.4, -0.2) is 101 Å². The third-order valence-corrected chi connectivity index (χ3v) is 33.3. The Bertz CT molecular complexity index is 8160. The predicted molar refractivity (Wildman–Crippen MR) is 595 cm³/mol. The van der Waals surface area contributed by atoms with Gasteiger partial charge in [0, 0.05) is 74.0 Å². The van der Waals surface area contributed by atoms with Crippen molar-refractivity contribution in [3.05, 3.63) is 391 Å². The van der Waals surface area contributed by atoms with Gasteiger partial charge in [-0.3, -0.25) is 24.5 Å². The molecule has 0 radical (unpaired) electrons. The molecule has 6 aromatic carbocycles. The van der Waals surface area contributed by atoms with E-state index in [-0.39, 0.29) is 24.7 Å². The average molecular weight is 2090 g/mol. The molecule has 0 bridgehead atoms. The molecule has 24 nitrogen and oxygen atoms in total. The van der Waals surface area contributed by atoms with Crippen LogP contribution in [0.25, 0.3) is 0 Å². The van der Waals surface area contributed by atoms with Crippen molar-refractivity contribution >= 4 is 160 Å². The Labute approximate surface area is 882 Å². The molecule has 1 unspecified atom stereocenters. The molecule has 0 fully saturated rings. The number of rotatable bonds is 6. The maximum absolute atomic E-state index is 13.1. The van der Waals surface area contributed by atoms with Gasteiger partial charge in [-0.15, -0.1) is 0 Å². The monoisotopic (exact) mass is 2090 g/mol. The summed E-state index contributed by atoms with van der Waals surface area (Å²) in [6, 6.07) is 65.7. The second-order valence-corrected chi connectivity index (χ2v) is 45.6. The van der Waals surface area contributed by atoms with Gasteiger partial charge in [-0.2, -0.15) is 0 Å². The van der Waals surface area contributed by atoms with E-state index in [0.717, 1.165) is 202 Å². The molecule has 0 aliphatic carbocycles. The van der Waals surface area contributed by atoms with Crippen LogP contribution in [-0.2, 0) is 39.9 Å². The second-order valence-electron chi connectivity index (χ2n) is 39.0. The van der Waals surface area contributed by atoms with Crippen molar-refractivity contribution in [1.29, 1.82) is 0 Å². The number of benzene rings is 6. The Hall–Kier alpha value is -15.7. The number of aryl methyl sites for hydroxylation is 20. The Kier molecular flexibility index (Phi) is 27.4. The van der Waals surface area contributed by atoms with E-state index in [4.69, 9.17) is 34.1 Å². The molecule has 746 valence electrons. The van der Waals surface area contributed by atoms with Gasteiger partial charge in [0.05, 0.1) is 65.4 Å². The van der Waals surface area contributed by atoms with Crippen molar-refractivity contribution in [2.45, 2.75) is 186 Å². The minimum absolute atomic E-state index is 0.208. The summed E-state index contributed by atoms with van der Waals surface area (Å²) in [5, 5.41) is 0. The molecule has 18 aromatic rings. The number of sulfone groups is 1. The van der Waals surface area contributed by atoms with Gasteiger partial charge < -0.3 is 9.47 Å². The molecular formula is C121H112N18O6S3Se. The van der Waals surface area contributed by atoms with Gasteiger partial charge in [-0.1, -0.05) is 107 Å². The topological polar surface area (TPSA) is 253 Å². The number of ether oxygens (including phenoxy) is 3. The van der Waals surface area contributed by atoms with E-state index < -0.39 is 20.6 Å². The summed E-state index contributed by atoms with van der Waals surface area (Å²) in [4.78, 5) is 72.4. The van der Waals surface area contributed by atoms with Crippen LogP contribution in [0.2, 0.25) is 0 Å². The molecule has 12 aromatic heterocycles. The SMILES string of the molecule is Cc1cc(C)c(N2c3ncccc3Oc3cc(C)cnc32)c(C)c1.Cc1cc(C)c(N2c3ncccc3S(=O)(=O)c3cc(C)cnc32)c(C)c1.Cc1cc(C)c(N2c3ncccc3S(=O)c3cc(C)cnc32)c(C)c1.Cc1cc(C)c(N2c3ncccc3Sc3cc(C)cnc32)c(C)c1.Cc1cnc2c(c1)Cc1cccnc1N2c1cccc2c1OCCC2.Cc1cnc2c(c1)[Se]c1cccnc1N2c1cccc2c1OCCC2. The van der Waals surface area contributed by atoms with Gasteiger partial charge >= 0.3 is 153 Å². The van der Waals surface area contributed by atoms with Crippen molar-refractivity contribution in [2.75, 3.05) is 42.6 Å². The molecule has 149 heavy (non-hydrogen) atoms. The van der Waals surface area contributed by atoms with E-state index in [1.165, 1.54) is 97.4 Å². The van der Waals surface area contributed by atoms with E-state index >= 15 is 0 Å². The fourth-order valence-electron chi connectivity index (χ4n) is 21.0. The summed E-state index contributed by atoms with van der Waals surface area (Å²) in [6.45, 7) is 38.8. The Balaban J connectivity index is 0.000000105. The molecule has 0 saturated heterocycles. The van der Waals surface area contributed by atoms with Crippen LogP contribution < -0.4 is 52.5 Å². The van der Waals surface area contributed by atoms with Gasteiger partial charge in [0.15, 0.2) is 58.0 Å². The molecule has 8 aliphatic rings. The third-order valence-electron chi connectivity index (χ3n) is 26.9. The van der Waals surface area contributed by atoms with Crippen molar-refractivity contribution in [3.8, 4) is 23.0 Å². The number of fused-ring (bicyclic) bond motifs is 14. The standard InChI is InChI=1S/C21H19N3O.C20H19N3O2S.C20H19N3OS.C20H17N3OSe.C20H19N3O.C20H19N3S/c1-14-11-17-12-16-6-3-9-22-20(16)24(21(17)23-13-14)18-8-2-5-15-7-4-10-25-19(15)18;1-12-8-14(3)18(15(4)9-12)23-19-16(6-5-7-21-19)26(24,25)17-10-13(2)11-22-20(17)23;1-12-8-14(3)18(15(4)9-12)23-19-16(6-5-7-21-19)25(24)17-10-13(2)11-22-20(17)23;1-13-11-17-20(22-12-13)23(19-16(25-17)8-3-9-21-19)15-7-2-5-14-6-4-10-24-18(14)15;2*1-12-8-14(3)18(15(4)9-12)23-19-16(6-5-7-21-19)24-17-10-13(2)11-22-20(17)23/h2-3,5-6,8-9,11,13H,4,7,10,12H2,1H3;5-11H,1-4H3;5-11H,1-4H3;2-3,5,7-9,11-12H,4,6,10H2,1H3;2*5-11H,1-4H3. The molecule has 8 aliphatic heterocycles. The quantitative estimate of drug-likeness (QED) is 0.140. The number of para-hydroxylation sites is 2. The first-order valence-electron chi connectivity index (χ1n) is 49.8. The molecule has 0 amide bonds. The first-order valence-corrected chi connectivity index (χ1v) is 54.9. The average Bonchev–Trinajstić information content (AvgIpc) is 0.714. The van der Waals surface area contributed by atoms with Crippen molar-refractivity contribution in [1.82, 2.24) is 59.8 Å². The van der Waals surface area contributed by atoms with Crippen LogP contribution in [0.3, 0.4) is 0 Å². The van der Waals surface area contributed by atoms with Crippen LogP contribution in [0.4, 0.5) is 104 Å². The zero-order valence-electron chi connectivity index (χ0n) is 86.5. The van der Waals surface area contributed by atoms with Gasteiger partial charge in [0.2, 0.25) is 9.84 Å². The summed E-state index contributed by atoms with van der Waals surface area (Å²) in [7, 11) is -4.94. The van der Waals surface area contributed by atoms with Gasteiger partial charge in [-0.25, -0.2) is 62.5 Å². The fourth-order valence-corrected chi connectivity index (χ4v) is 27.4. The predicted octanol–water partition coefficient (Wildman–Crippen LogP) is 26.9.